The second-order valence-corrected chi connectivity index (χ2v) is 7.10. The van der Waals surface area contributed by atoms with Crippen molar-refractivity contribution < 1.29 is 35.4 Å². The van der Waals surface area contributed by atoms with Gasteiger partial charge in [-0.05, 0) is 17.4 Å². The molecule has 0 aliphatic carbocycles. The Morgan fingerprint density at radius 1 is 0.722 bits per heavy atom. The number of nitrogens with zero attached hydrogens (tertiary/aromatic N) is 4. The van der Waals surface area contributed by atoms with Gasteiger partial charge in [-0.25, -0.2) is 0 Å². The standard InChI is InChI=1S/C10H6BrF3N2O.C10H7F3N2O.CH3I.CH4/c11-5-6-1-3-7(4-2-6)8-15-9(17-16-8)10(12,13)14;1-6-2-4-7(5-3-6)8-14-9(16-15-8)10(11,12)13;1-2;/h1-4H,5H2;2-5H,1H3;1H3;1H4. The Hall–Kier alpha value is -2.49. The maximum atomic E-state index is 12.2. The average Bonchev–Trinajstić information content (AvgIpc) is 3.52. The van der Waals surface area contributed by atoms with Crippen molar-refractivity contribution >= 4 is 38.5 Å². The zero-order valence-electron chi connectivity index (χ0n) is 18.0. The summed E-state index contributed by atoms with van der Waals surface area (Å²) in [5.74, 6) is -2.80. The molecule has 4 aromatic rings. The van der Waals surface area contributed by atoms with E-state index >= 15 is 0 Å². The number of aromatic nitrogens is 4. The highest BCUT2D eigenvalue weighted by atomic mass is 127. The van der Waals surface area contributed by atoms with Crippen molar-refractivity contribution in [3.63, 3.8) is 0 Å². The first-order valence-electron chi connectivity index (χ1n) is 9.39. The highest BCUT2D eigenvalue weighted by molar-refractivity contribution is 14.1. The first-order chi connectivity index (χ1) is 16.5. The van der Waals surface area contributed by atoms with Gasteiger partial charge >= 0.3 is 24.1 Å². The van der Waals surface area contributed by atoms with E-state index in [0.29, 0.717) is 16.5 Å². The summed E-state index contributed by atoms with van der Waals surface area (Å²) in [5.41, 5.74) is 2.98. The third-order valence-electron chi connectivity index (χ3n) is 4.01. The van der Waals surface area contributed by atoms with E-state index in [1.807, 2.05) is 11.9 Å². The highest BCUT2D eigenvalue weighted by Crippen LogP contribution is 2.30. The second kappa shape index (κ2) is 13.7. The molecular formula is C22H20BrF6IN4O2. The lowest BCUT2D eigenvalue weighted by molar-refractivity contribution is -0.160. The maximum Gasteiger partial charge on any atom is 0.471 e. The van der Waals surface area contributed by atoms with Gasteiger partial charge in [0.1, 0.15) is 0 Å². The summed E-state index contributed by atoms with van der Waals surface area (Å²) in [6.45, 7) is 1.88. The monoisotopic (exact) mass is 692 g/mol. The molecule has 2 aromatic carbocycles. The predicted octanol–water partition coefficient (Wildman–Crippen LogP) is 8.40. The van der Waals surface area contributed by atoms with Crippen LogP contribution in [0.15, 0.2) is 57.6 Å². The minimum absolute atomic E-state index is 0. The molecule has 0 spiro atoms. The quantitative estimate of drug-likeness (QED) is 0.122. The molecule has 14 heteroatoms. The van der Waals surface area contributed by atoms with E-state index < -0.39 is 24.1 Å². The van der Waals surface area contributed by atoms with E-state index in [1.54, 1.807) is 48.5 Å². The van der Waals surface area contributed by atoms with Gasteiger partial charge in [-0.15, -0.1) is 0 Å². The minimum atomic E-state index is -4.61. The van der Waals surface area contributed by atoms with Gasteiger partial charge in [0.2, 0.25) is 11.6 Å². The molecule has 0 amide bonds. The van der Waals surface area contributed by atoms with Gasteiger partial charge in [-0.1, -0.05) is 110 Å². The van der Waals surface area contributed by atoms with Crippen molar-refractivity contribution in [1.82, 2.24) is 20.3 Å². The number of rotatable bonds is 3. The van der Waals surface area contributed by atoms with Gasteiger partial charge in [-0.2, -0.15) is 36.3 Å². The molecule has 36 heavy (non-hydrogen) atoms. The highest BCUT2D eigenvalue weighted by Gasteiger charge is 2.39. The SMILES string of the molecule is C.CI.Cc1ccc(-c2noc(C(F)(F)F)n2)cc1.FC(F)(F)c1nc(-c2ccc(CBr)cc2)no1. The van der Waals surface area contributed by atoms with Crippen molar-refractivity contribution in [2.24, 2.45) is 0 Å². The summed E-state index contributed by atoms with van der Waals surface area (Å²) in [5, 5.41) is 7.24. The molecule has 4 rings (SSSR count). The number of hydrogen-bond donors (Lipinski definition) is 0. The van der Waals surface area contributed by atoms with Crippen molar-refractivity contribution in [2.75, 3.05) is 4.93 Å². The molecule has 0 aliphatic rings. The van der Waals surface area contributed by atoms with Crippen molar-refractivity contribution in [1.29, 1.82) is 0 Å². The van der Waals surface area contributed by atoms with Gasteiger partial charge in [0.05, 0.1) is 0 Å². The Morgan fingerprint density at radius 2 is 1.08 bits per heavy atom. The first-order valence-corrected chi connectivity index (χ1v) is 12.7. The molecule has 0 unspecified atom stereocenters. The largest absolute Gasteiger partial charge is 0.471 e. The van der Waals surface area contributed by atoms with Crippen LogP contribution < -0.4 is 0 Å². The Labute approximate surface area is 224 Å². The van der Waals surface area contributed by atoms with Crippen LogP contribution in [0.4, 0.5) is 26.3 Å². The molecule has 0 radical (unpaired) electrons. The molecular weight excluding hydrogens is 673 g/mol. The van der Waals surface area contributed by atoms with Crippen LogP contribution in [0.3, 0.4) is 0 Å². The van der Waals surface area contributed by atoms with E-state index in [2.05, 4.69) is 67.8 Å². The van der Waals surface area contributed by atoms with Gasteiger partial charge < -0.3 is 9.05 Å². The molecule has 0 aliphatic heterocycles. The Bertz CT molecular complexity index is 1190. The van der Waals surface area contributed by atoms with E-state index in [0.717, 1.165) is 11.1 Å². The normalized spacial score (nSPS) is 10.9. The first kappa shape index (κ1) is 31.5. The van der Waals surface area contributed by atoms with Crippen LogP contribution >= 0.6 is 38.5 Å². The van der Waals surface area contributed by atoms with Gasteiger partial charge in [-0.3, -0.25) is 0 Å². The lowest BCUT2D eigenvalue weighted by Crippen LogP contribution is -2.04. The Morgan fingerprint density at radius 3 is 1.39 bits per heavy atom. The summed E-state index contributed by atoms with van der Waals surface area (Å²) >= 11 is 5.42. The number of benzene rings is 2. The van der Waals surface area contributed by atoms with Crippen molar-refractivity contribution in [3.8, 4) is 22.8 Å². The fraction of sp³-hybridized carbons (Fsp3) is 0.273. The van der Waals surface area contributed by atoms with Crippen LogP contribution in [-0.2, 0) is 17.7 Å². The molecule has 0 saturated carbocycles. The Kier molecular flexibility index (Phi) is 12.0. The zero-order chi connectivity index (χ0) is 26.2. The molecule has 196 valence electrons. The minimum Gasteiger partial charge on any atom is -0.329 e. The molecule has 2 aromatic heterocycles. The molecule has 0 fully saturated rings. The zero-order valence-corrected chi connectivity index (χ0v) is 21.7. The van der Waals surface area contributed by atoms with Crippen LogP contribution in [0.25, 0.3) is 22.8 Å². The van der Waals surface area contributed by atoms with Crippen LogP contribution in [0.5, 0.6) is 0 Å². The molecule has 0 bridgehead atoms. The molecule has 6 nitrogen and oxygen atoms in total. The van der Waals surface area contributed by atoms with E-state index in [9.17, 15) is 26.3 Å². The molecule has 2 heterocycles. The van der Waals surface area contributed by atoms with Crippen LogP contribution in [0.1, 0.15) is 30.3 Å². The summed E-state index contributed by atoms with van der Waals surface area (Å²) < 4.78 is 81.5. The fourth-order valence-electron chi connectivity index (χ4n) is 2.36. The lowest BCUT2D eigenvalue weighted by Gasteiger charge is -1.97. The number of hydrogen-bond acceptors (Lipinski definition) is 6. The topological polar surface area (TPSA) is 77.8 Å². The molecule has 0 atom stereocenters. The third kappa shape index (κ3) is 8.87. The van der Waals surface area contributed by atoms with Gasteiger partial charge in [0.15, 0.2) is 0 Å². The van der Waals surface area contributed by atoms with E-state index in [-0.39, 0.29) is 19.1 Å². The number of aryl methyl sites for hydroxylation is 1. The smallest absolute Gasteiger partial charge is 0.329 e. The number of alkyl halides is 8. The lowest BCUT2D eigenvalue weighted by atomic mass is 10.1. The summed E-state index contributed by atoms with van der Waals surface area (Å²) in [4.78, 5) is 8.54. The van der Waals surface area contributed by atoms with Crippen LogP contribution in [0.2, 0.25) is 0 Å². The molecule has 0 N–H and O–H groups in total. The van der Waals surface area contributed by atoms with Crippen LogP contribution in [0, 0.1) is 6.92 Å². The van der Waals surface area contributed by atoms with Crippen molar-refractivity contribution in [2.45, 2.75) is 32.0 Å². The fourth-order valence-corrected chi connectivity index (χ4v) is 2.73. The summed E-state index contributed by atoms with van der Waals surface area (Å²) in [6, 6.07) is 13.6. The van der Waals surface area contributed by atoms with Crippen LogP contribution in [-0.4, -0.2) is 25.2 Å². The Balaban J connectivity index is 0.000000329. The third-order valence-corrected chi connectivity index (χ3v) is 4.66. The van der Waals surface area contributed by atoms with Crippen molar-refractivity contribution in [3.05, 3.63) is 71.4 Å². The second-order valence-electron chi connectivity index (χ2n) is 6.54. The molecule has 0 saturated heterocycles. The average molecular weight is 693 g/mol. The van der Waals surface area contributed by atoms with Gasteiger partial charge in [0, 0.05) is 16.5 Å². The summed E-state index contributed by atoms with van der Waals surface area (Å²) in [6.07, 6.45) is -9.21. The van der Waals surface area contributed by atoms with E-state index in [1.165, 1.54) is 0 Å². The maximum absolute atomic E-state index is 12.2. The van der Waals surface area contributed by atoms with E-state index in [4.69, 9.17) is 0 Å². The predicted molar refractivity (Wildman–Crippen MR) is 134 cm³/mol. The summed E-state index contributed by atoms with van der Waals surface area (Å²) in [7, 11) is 0. The van der Waals surface area contributed by atoms with Gasteiger partial charge in [0.25, 0.3) is 0 Å². The number of halogens is 8.